The molecule has 0 unspecified atom stereocenters. The molecular weight excluding hydrogens is 371 g/mol. The topological polar surface area (TPSA) is 80.0 Å². The van der Waals surface area contributed by atoms with Crippen molar-refractivity contribution in [3.05, 3.63) is 84.2 Å². The third kappa shape index (κ3) is 4.30. The van der Waals surface area contributed by atoms with Crippen molar-refractivity contribution in [1.29, 1.82) is 0 Å². The minimum Gasteiger partial charge on any atom is -0.416 e. The lowest BCUT2D eigenvalue weighted by atomic mass is 10.2. The Bertz CT molecular complexity index is 1140. The zero-order valence-corrected chi connectivity index (χ0v) is 15.5. The monoisotopic (exact) mass is 388 g/mol. The van der Waals surface area contributed by atoms with Crippen LogP contribution in [-0.4, -0.2) is 16.2 Å². The van der Waals surface area contributed by atoms with Crippen molar-refractivity contribution in [2.24, 2.45) is 0 Å². The van der Waals surface area contributed by atoms with Crippen LogP contribution in [0.2, 0.25) is 0 Å². The number of halogens is 1. The fourth-order valence-electron chi connectivity index (χ4n) is 2.70. The van der Waals surface area contributed by atoms with Crippen molar-refractivity contribution in [3.8, 4) is 22.9 Å². The Balaban J connectivity index is 1.42. The van der Waals surface area contributed by atoms with E-state index < -0.39 is 6.03 Å². The van der Waals surface area contributed by atoms with Crippen molar-refractivity contribution in [2.75, 3.05) is 10.6 Å². The molecule has 0 saturated heterocycles. The van der Waals surface area contributed by atoms with E-state index >= 15 is 0 Å². The van der Waals surface area contributed by atoms with Crippen LogP contribution in [0.5, 0.6) is 0 Å². The van der Waals surface area contributed by atoms with Gasteiger partial charge in [-0.15, -0.1) is 10.2 Å². The van der Waals surface area contributed by atoms with Gasteiger partial charge in [0.1, 0.15) is 5.82 Å². The molecule has 0 atom stereocenters. The molecule has 144 valence electrons. The van der Waals surface area contributed by atoms with Gasteiger partial charge in [0, 0.05) is 22.5 Å². The van der Waals surface area contributed by atoms with Gasteiger partial charge in [-0.1, -0.05) is 24.3 Å². The minimum atomic E-state index is -0.467. The highest BCUT2D eigenvalue weighted by Gasteiger charge is 2.11. The van der Waals surface area contributed by atoms with Crippen LogP contribution in [0.1, 0.15) is 5.56 Å². The van der Waals surface area contributed by atoms with Gasteiger partial charge < -0.3 is 15.1 Å². The highest BCUT2D eigenvalue weighted by Crippen LogP contribution is 2.25. The highest BCUT2D eigenvalue weighted by molar-refractivity contribution is 5.99. The quantitative estimate of drug-likeness (QED) is 0.484. The van der Waals surface area contributed by atoms with Gasteiger partial charge in [-0.25, -0.2) is 9.18 Å². The minimum absolute atomic E-state index is 0.374. The molecule has 0 aliphatic heterocycles. The fourth-order valence-corrected chi connectivity index (χ4v) is 2.70. The van der Waals surface area contributed by atoms with Gasteiger partial charge in [-0.05, 0) is 61.0 Å². The summed E-state index contributed by atoms with van der Waals surface area (Å²) in [7, 11) is 0. The maximum atomic E-state index is 13.6. The summed E-state index contributed by atoms with van der Waals surface area (Å²) in [5.41, 5.74) is 3.03. The van der Waals surface area contributed by atoms with Gasteiger partial charge in [-0.2, -0.15) is 0 Å². The molecule has 4 rings (SSSR count). The largest absolute Gasteiger partial charge is 0.416 e. The Hall–Kier alpha value is -4.00. The summed E-state index contributed by atoms with van der Waals surface area (Å²) in [6.07, 6.45) is 0. The Morgan fingerprint density at radius 2 is 1.41 bits per heavy atom. The lowest BCUT2D eigenvalue weighted by Crippen LogP contribution is -2.19. The van der Waals surface area contributed by atoms with Crippen LogP contribution in [0.3, 0.4) is 0 Å². The maximum Gasteiger partial charge on any atom is 0.323 e. The molecule has 2 amide bonds. The average Bonchev–Trinajstić information content (AvgIpc) is 3.22. The van der Waals surface area contributed by atoms with E-state index in [2.05, 4.69) is 20.8 Å². The molecule has 0 aliphatic rings. The van der Waals surface area contributed by atoms with Crippen LogP contribution in [-0.2, 0) is 0 Å². The smallest absolute Gasteiger partial charge is 0.323 e. The number of nitrogens with one attached hydrogen (secondary N) is 2. The Morgan fingerprint density at radius 1 is 0.828 bits per heavy atom. The number of hydrogen-bond acceptors (Lipinski definition) is 4. The lowest BCUT2D eigenvalue weighted by Gasteiger charge is -2.08. The summed E-state index contributed by atoms with van der Waals surface area (Å²) in [5, 5.41) is 13.4. The van der Waals surface area contributed by atoms with Crippen LogP contribution in [0.15, 0.2) is 77.2 Å². The molecule has 0 saturated carbocycles. The first-order valence-corrected chi connectivity index (χ1v) is 8.92. The van der Waals surface area contributed by atoms with Crippen LogP contribution in [0, 0.1) is 12.7 Å². The van der Waals surface area contributed by atoms with E-state index in [1.807, 2.05) is 30.3 Å². The van der Waals surface area contributed by atoms with Crippen molar-refractivity contribution in [3.63, 3.8) is 0 Å². The number of hydrogen-bond donors (Lipinski definition) is 2. The number of benzene rings is 3. The second kappa shape index (κ2) is 7.93. The fraction of sp³-hybridized carbons (Fsp3) is 0.0455. The molecule has 4 aromatic rings. The molecule has 2 N–H and O–H groups in total. The van der Waals surface area contributed by atoms with Crippen LogP contribution in [0.4, 0.5) is 20.6 Å². The molecule has 0 radical (unpaired) electrons. The van der Waals surface area contributed by atoms with Crippen molar-refractivity contribution >= 4 is 17.4 Å². The predicted molar refractivity (Wildman–Crippen MR) is 109 cm³/mol. The number of nitrogens with zero attached hydrogens (tertiary/aromatic N) is 2. The molecular formula is C22H17FN4O2. The standard InChI is InChI=1S/C22H17FN4O2/c1-14-7-10-18(13-19(14)23)25-22(28)24-17-11-8-16(9-12-17)21-27-26-20(29-21)15-5-3-2-4-6-15/h2-13H,1H3,(H2,24,25,28). The summed E-state index contributed by atoms with van der Waals surface area (Å²) < 4.78 is 19.3. The molecule has 7 heteroatoms. The van der Waals surface area contributed by atoms with Crippen molar-refractivity contribution in [1.82, 2.24) is 10.2 Å². The van der Waals surface area contributed by atoms with Gasteiger partial charge in [-0.3, -0.25) is 0 Å². The number of aryl methyl sites for hydroxylation is 1. The third-order valence-corrected chi connectivity index (χ3v) is 4.27. The van der Waals surface area contributed by atoms with E-state index in [1.54, 1.807) is 43.3 Å². The van der Waals surface area contributed by atoms with Crippen LogP contribution < -0.4 is 10.6 Å². The Morgan fingerprint density at radius 3 is 2.07 bits per heavy atom. The number of amides is 2. The SMILES string of the molecule is Cc1ccc(NC(=O)Nc2ccc(-c3nnc(-c4ccccc4)o3)cc2)cc1F. The Labute approximate surface area is 166 Å². The van der Waals surface area contributed by atoms with E-state index in [0.29, 0.717) is 28.7 Å². The number of rotatable bonds is 4. The Kier molecular flexibility index (Phi) is 5.03. The zero-order valence-electron chi connectivity index (χ0n) is 15.5. The first kappa shape index (κ1) is 18.4. The van der Waals surface area contributed by atoms with E-state index in [4.69, 9.17) is 4.42 Å². The molecule has 1 aromatic heterocycles. The third-order valence-electron chi connectivity index (χ3n) is 4.27. The molecule has 0 aliphatic carbocycles. The molecule has 0 spiro atoms. The molecule has 0 bridgehead atoms. The van der Waals surface area contributed by atoms with E-state index in [-0.39, 0.29) is 5.82 Å². The molecule has 6 nitrogen and oxygen atoms in total. The predicted octanol–water partition coefficient (Wildman–Crippen LogP) is 5.50. The van der Waals surface area contributed by atoms with Crippen LogP contribution in [0.25, 0.3) is 22.9 Å². The van der Waals surface area contributed by atoms with E-state index in [1.165, 1.54) is 6.07 Å². The molecule has 29 heavy (non-hydrogen) atoms. The summed E-state index contributed by atoms with van der Waals surface area (Å²) in [5.74, 6) is 0.448. The molecule has 3 aromatic carbocycles. The van der Waals surface area contributed by atoms with Crippen molar-refractivity contribution in [2.45, 2.75) is 6.92 Å². The summed E-state index contributed by atoms with van der Waals surface area (Å²) in [4.78, 5) is 12.1. The first-order chi connectivity index (χ1) is 14.1. The lowest BCUT2D eigenvalue weighted by molar-refractivity contribution is 0.262. The summed E-state index contributed by atoms with van der Waals surface area (Å²) >= 11 is 0. The number of urea groups is 1. The first-order valence-electron chi connectivity index (χ1n) is 8.92. The summed E-state index contributed by atoms with van der Waals surface area (Å²) in [6, 6.07) is 20.5. The second-order valence-corrected chi connectivity index (χ2v) is 6.40. The van der Waals surface area contributed by atoms with Gasteiger partial charge >= 0.3 is 6.03 Å². The van der Waals surface area contributed by atoms with Crippen LogP contribution >= 0.6 is 0 Å². The normalized spacial score (nSPS) is 10.6. The number of carbonyl (C=O) groups excluding carboxylic acids is 1. The zero-order chi connectivity index (χ0) is 20.2. The number of aromatic nitrogens is 2. The number of anilines is 2. The van der Waals surface area contributed by atoms with Gasteiger partial charge in [0.25, 0.3) is 0 Å². The highest BCUT2D eigenvalue weighted by atomic mass is 19.1. The maximum absolute atomic E-state index is 13.6. The number of carbonyl (C=O) groups is 1. The second-order valence-electron chi connectivity index (χ2n) is 6.40. The van der Waals surface area contributed by atoms with Gasteiger partial charge in [0.2, 0.25) is 11.8 Å². The molecule has 0 fully saturated rings. The van der Waals surface area contributed by atoms with E-state index in [0.717, 1.165) is 11.1 Å². The van der Waals surface area contributed by atoms with Gasteiger partial charge in [0.15, 0.2) is 0 Å². The molecule has 1 heterocycles. The van der Waals surface area contributed by atoms with E-state index in [9.17, 15) is 9.18 Å². The summed E-state index contributed by atoms with van der Waals surface area (Å²) in [6.45, 7) is 1.66. The van der Waals surface area contributed by atoms with Crippen molar-refractivity contribution < 1.29 is 13.6 Å². The average molecular weight is 388 g/mol. The van der Waals surface area contributed by atoms with Gasteiger partial charge in [0.05, 0.1) is 0 Å².